The maximum absolute atomic E-state index is 11.6. The van der Waals surface area contributed by atoms with E-state index in [0.717, 1.165) is 0 Å². The Balaban J connectivity index is 2.80. The molecule has 0 unspecified atom stereocenters. The van der Waals surface area contributed by atoms with E-state index in [4.69, 9.17) is 11.6 Å². The van der Waals surface area contributed by atoms with Crippen LogP contribution in [0, 0.1) is 5.92 Å². The number of carbonyl (C=O) groups is 1. The van der Waals surface area contributed by atoms with E-state index in [1.165, 1.54) is 0 Å². The number of alkyl halides is 1. The van der Waals surface area contributed by atoms with Crippen molar-refractivity contribution < 1.29 is 13.2 Å². The van der Waals surface area contributed by atoms with Gasteiger partial charge in [0.1, 0.15) is 0 Å². The highest BCUT2D eigenvalue weighted by atomic mass is 35.5. The van der Waals surface area contributed by atoms with Gasteiger partial charge in [-0.15, -0.1) is 11.6 Å². The van der Waals surface area contributed by atoms with Crippen LogP contribution in [-0.2, 0) is 14.8 Å². The molecule has 0 radical (unpaired) electrons. The van der Waals surface area contributed by atoms with Crippen molar-refractivity contribution >= 4 is 38.9 Å². The summed E-state index contributed by atoms with van der Waals surface area (Å²) in [6.07, 6.45) is 0. The molecule has 0 atom stereocenters. The van der Waals surface area contributed by atoms with Gasteiger partial charge in [-0.05, 0) is 18.2 Å². The van der Waals surface area contributed by atoms with Gasteiger partial charge >= 0.3 is 0 Å². The van der Waals surface area contributed by atoms with Crippen LogP contribution < -0.4 is 10.0 Å². The third-order valence-corrected chi connectivity index (χ3v) is 3.98. The zero-order valence-corrected chi connectivity index (χ0v) is 12.4. The lowest BCUT2D eigenvalue weighted by Crippen LogP contribution is -2.19. The molecule has 0 aromatic heterocycles. The molecular formula is C12H17ClN2O3S. The van der Waals surface area contributed by atoms with Crippen molar-refractivity contribution in [3.63, 3.8) is 0 Å². The zero-order chi connectivity index (χ0) is 14.5. The molecule has 0 spiro atoms. The van der Waals surface area contributed by atoms with E-state index in [0.29, 0.717) is 11.4 Å². The summed E-state index contributed by atoms with van der Waals surface area (Å²) in [4.78, 5) is 11.5. The van der Waals surface area contributed by atoms with E-state index < -0.39 is 10.0 Å². The summed E-state index contributed by atoms with van der Waals surface area (Å²) in [7, 11) is -3.44. The molecule has 0 heterocycles. The number of rotatable bonds is 6. The third kappa shape index (κ3) is 5.48. The molecule has 0 bridgehead atoms. The molecule has 0 fully saturated rings. The highest BCUT2D eigenvalue weighted by Gasteiger charge is 2.11. The van der Waals surface area contributed by atoms with Crippen LogP contribution in [-0.4, -0.2) is 26.0 Å². The number of anilines is 2. The van der Waals surface area contributed by atoms with E-state index in [1.54, 1.807) is 38.1 Å². The van der Waals surface area contributed by atoms with Crippen molar-refractivity contribution in [2.45, 2.75) is 13.8 Å². The number of nitrogens with one attached hydrogen (secondary N) is 2. The fourth-order valence-electron chi connectivity index (χ4n) is 1.28. The molecule has 106 valence electrons. The van der Waals surface area contributed by atoms with Crippen LogP contribution in [0.25, 0.3) is 0 Å². The van der Waals surface area contributed by atoms with Crippen molar-refractivity contribution in [1.29, 1.82) is 0 Å². The van der Waals surface area contributed by atoms with Gasteiger partial charge in [-0.2, -0.15) is 0 Å². The van der Waals surface area contributed by atoms with Gasteiger partial charge in [-0.3, -0.25) is 9.52 Å². The van der Waals surface area contributed by atoms with Crippen molar-refractivity contribution in [3.8, 4) is 0 Å². The fraction of sp³-hybridized carbons (Fsp3) is 0.417. The SMILES string of the molecule is CC(C)C(=O)Nc1cccc(NS(=O)(=O)CCCl)c1. The number of hydrogen-bond donors (Lipinski definition) is 2. The molecule has 1 aromatic rings. The Morgan fingerprint density at radius 2 is 1.95 bits per heavy atom. The van der Waals surface area contributed by atoms with E-state index in [-0.39, 0.29) is 23.5 Å². The molecule has 0 aliphatic heterocycles. The predicted octanol–water partition coefficient (Wildman–Crippen LogP) is 2.26. The summed E-state index contributed by atoms with van der Waals surface area (Å²) in [6.45, 7) is 3.56. The van der Waals surface area contributed by atoms with Crippen LogP contribution in [0.1, 0.15) is 13.8 Å². The van der Waals surface area contributed by atoms with Crippen molar-refractivity contribution in [1.82, 2.24) is 0 Å². The summed E-state index contributed by atoms with van der Waals surface area (Å²) >= 11 is 5.41. The van der Waals surface area contributed by atoms with Crippen LogP contribution in [0.2, 0.25) is 0 Å². The lowest BCUT2D eigenvalue weighted by Gasteiger charge is -2.10. The molecule has 0 aliphatic carbocycles. The van der Waals surface area contributed by atoms with E-state index in [1.807, 2.05) is 0 Å². The fourth-order valence-corrected chi connectivity index (χ4v) is 2.68. The quantitative estimate of drug-likeness (QED) is 0.792. The molecule has 19 heavy (non-hydrogen) atoms. The van der Waals surface area contributed by atoms with Gasteiger partial charge in [0.2, 0.25) is 15.9 Å². The van der Waals surface area contributed by atoms with Crippen LogP contribution in [0.15, 0.2) is 24.3 Å². The Labute approximate surface area is 118 Å². The molecule has 1 aromatic carbocycles. The van der Waals surface area contributed by atoms with E-state index in [2.05, 4.69) is 10.0 Å². The second kappa shape index (κ2) is 6.77. The van der Waals surface area contributed by atoms with Gasteiger partial charge < -0.3 is 5.32 Å². The van der Waals surface area contributed by atoms with Crippen molar-refractivity contribution in [2.75, 3.05) is 21.7 Å². The van der Waals surface area contributed by atoms with Gasteiger partial charge in [0, 0.05) is 17.5 Å². The number of halogens is 1. The first-order chi connectivity index (χ1) is 8.84. The first-order valence-electron chi connectivity index (χ1n) is 5.81. The van der Waals surface area contributed by atoms with Crippen molar-refractivity contribution in [3.05, 3.63) is 24.3 Å². The smallest absolute Gasteiger partial charge is 0.233 e. The first kappa shape index (κ1) is 15.8. The van der Waals surface area contributed by atoms with Gasteiger partial charge in [0.05, 0.1) is 11.4 Å². The lowest BCUT2D eigenvalue weighted by atomic mass is 10.2. The largest absolute Gasteiger partial charge is 0.326 e. The molecule has 1 rings (SSSR count). The highest BCUT2D eigenvalue weighted by molar-refractivity contribution is 7.92. The maximum atomic E-state index is 11.6. The second-order valence-electron chi connectivity index (χ2n) is 4.33. The van der Waals surface area contributed by atoms with Gasteiger partial charge in [-0.1, -0.05) is 19.9 Å². The summed E-state index contributed by atoms with van der Waals surface area (Å²) in [5.74, 6) is -0.395. The normalized spacial score (nSPS) is 11.4. The second-order valence-corrected chi connectivity index (χ2v) is 6.55. The number of amides is 1. The Kier molecular flexibility index (Phi) is 5.62. The Hall–Kier alpha value is -1.27. The summed E-state index contributed by atoms with van der Waals surface area (Å²) in [6, 6.07) is 6.52. The molecule has 1 amide bonds. The Morgan fingerprint density at radius 1 is 1.32 bits per heavy atom. The summed E-state index contributed by atoms with van der Waals surface area (Å²) < 4.78 is 25.5. The van der Waals surface area contributed by atoms with Gasteiger partial charge in [0.15, 0.2) is 0 Å². The average molecular weight is 305 g/mol. The van der Waals surface area contributed by atoms with Crippen LogP contribution >= 0.6 is 11.6 Å². The zero-order valence-electron chi connectivity index (χ0n) is 10.8. The molecule has 5 nitrogen and oxygen atoms in total. The minimum absolute atomic E-state index is 0.0269. The predicted molar refractivity (Wildman–Crippen MR) is 78.0 cm³/mol. The summed E-state index contributed by atoms with van der Waals surface area (Å²) in [5, 5.41) is 2.70. The monoisotopic (exact) mass is 304 g/mol. The maximum Gasteiger partial charge on any atom is 0.233 e. The minimum atomic E-state index is -3.44. The average Bonchev–Trinajstić information content (AvgIpc) is 2.28. The van der Waals surface area contributed by atoms with Gasteiger partial charge in [0.25, 0.3) is 0 Å². The molecule has 2 N–H and O–H groups in total. The molecule has 7 heteroatoms. The van der Waals surface area contributed by atoms with Crippen LogP contribution in [0.4, 0.5) is 11.4 Å². The topological polar surface area (TPSA) is 75.3 Å². The van der Waals surface area contributed by atoms with E-state index >= 15 is 0 Å². The number of sulfonamides is 1. The summed E-state index contributed by atoms with van der Waals surface area (Å²) in [5.41, 5.74) is 0.941. The standard InChI is InChI=1S/C12H17ClN2O3S/c1-9(2)12(16)14-10-4-3-5-11(8-10)15-19(17,18)7-6-13/h3-5,8-9,15H,6-7H2,1-2H3,(H,14,16). The van der Waals surface area contributed by atoms with Crippen LogP contribution in [0.5, 0.6) is 0 Å². The third-order valence-electron chi connectivity index (χ3n) is 2.27. The number of benzene rings is 1. The highest BCUT2D eigenvalue weighted by Crippen LogP contribution is 2.17. The van der Waals surface area contributed by atoms with Crippen molar-refractivity contribution in [2.24, 2.45) is 5.92 Å². The number of carbonyl (C=O) groups excluding carboxylic acids is 1. The minimum Gasteiger partial charge on any atom is -0.326 e. The van der Waals surface area contributed by atoms with E-state index in [9.17, 15) is 13.2 Å². The molecular weight excluding hydrogens is 288 g/mol. The Morgan fingerprint density at radius 3 is 2.53 bits per heavy atom. The molecule has 0 aliphatic rings. The number of hydrogen-bond acceptors (Lipinski definition) is 3. The van der Waals surface area contributed by atoms with Crippen LogP contribution in [0.3, 0.4) is 0 Å². The van der Waals surface area contributed by atoms with Gasteiger partial charge in [-0.25, -0.2) is 8.42 Å². The Bertz CT molecular complexity index is 544. The first-order valence-corrected chi connectivity index (χ1v) is 8.00. The molecule has 0 saturated carbocycles. The lowest BCUT2D eigenvalue weighted by molar-refractivity contribution is -0.118. The molecule has 0 saturated heterocycles.